The molecule has 1 aliphatic heterocycles. The summed E-state index contributed by atoms with van der Waals surface area (Å²) in [4.78, 5) is 0. The fourth-order valence-corrected chi connectivity index (χ4v) is 3.03. The molecular weight excluding hydrogens is 248 g/mol. The van der Waals surface area contributed by atoms with Crippen molar-refractivity contribution in [3.8, 4) is 0 Å². The first-order chi connectivity index (χ1) is 9.49. The first kappa shape index (κ1) is 15.8. The second-order valence-electron chi connectivity index (χ2n) is 6.86. The van der Waals surface area contributed by atoms with Gasteiger partial charge in [0.15, 0.2) is 6.29 Å². The minimum atomic E-state index is -0.0742. The van der Waals surface area contributed by atoms with Crippen molar-refractivity contribution in [2.24, 2.45) is 11.8 Å². The second-order valence-corrected chi connectivity index (χ2v) is 6.86. The molecular formula is C18H30O2. The van der Waals surface area contributed by atoms with Gasteiger partial charge in [-0.1, -0.05) is 45.4 Å². The smallest absolute Gasteiger partial charge is 0.161 e. The van der Waals surface area contributed by atoms with Gasteiger partial charge in [0.1, 0.15) is 0 Å². The predicted octanol–water partition coefficient (Wildman–Crippen LogP) is 4.86. The summed E-state index contributed by atoms with van der Waals surface area (Å²) < 4.78 is 12.3. The summed E-state index contributed by atoms with van der Waals surface area (Å²) in [5, 5.41) is 0. The van der Waals surface area contributed by atoms with Crippen molar-refractivity contribution in [1.29, 1.82) is 0 Å². The van der Waals surface area contributed by atoms with Crippen LogP contribution < -0.4 is 0 Å². The highest BCUT2D eigenvalue weighted by atomic mass is 16.7. The van der Waals surface area contributed by atoms with E-state index in [0.717, 1.165) is 0 Å². The van der Waals surface area contributed by atoms with Gasteiger partial charge in [-0.25, -0.2) is 0 Å². The van der Waals surface area contributed by atoms with Crippen LogP contribution in [0.4, 0.5) is 0 Å². The molecule has 0 saturated carbocycles. The van der Waals surface area contributed by atoms with E-state index in [1.54, 1.807) is 0 Å². The molecule has 0 unspecified atom stereocenters. The third kappa shape index (κ3) is 3.73. The van der Waals surface area contributed by atoms with Gasteiger partial charge >= 0.3 is 0 Å². The Morgan fingerprint density at radius 3 is 2.40 bits per heavy atom. The monoisotopic (exact) mass is 278 g/mol. The van der Waals surface area contributed by atoms with Gasteiger partial charge in [0.05, 0.1) is 12.2 Å². The van der Waals surface area contributed by atoms with Crippen LogP contribution in [0.2, 0.25) is 0 Å². The lowest BCUT2D eigenvalue weighted by molar-refractivity contribution is -0.236. The quantitative estimate of drug-likeness (QED) is 0.734. The van der Waals surface area contributed by atoms with Crippen LogP contribution in [0.25, 0.3) is 0 Å². The number of ether oxygens (including phenoxy) is 2. The Morgan fingerprint density at radius 1 is 1.10 bits per heavy atom. The molecule has 0 radical (unpaired) electrons. The van der Waals surface area contributed by atoms with Crippen molar-refractivity contribution >= 4 is 0 Å². The van der Waals surface area contributed by atoms with Crippen molar-refractivity contribution in [2.45, 2.75) is 78.8 Å². The highest BCUT2D eigenvalue weighted by Gasteiger charge is 2.35. The SMILES string of the molecule is CC(C)[C@H]1O[C@@H](C(C)C)/C(=C\C2=CCCCC2)[C@@H](C)O1. The molecule has 0 aromatic carbocycles. The summed E-state index contributed by atoms with van der Waals surface area (Å²) in [5.74, 6) is 0.882. The lowest BCUT2D eigenvalue weighted by atomic mass is 9.89. The maximum Gasteiger partial charge on any atom is 0.161 e. The molecule has 3 atom stereocenters. The van der Waals surface area contributed by atoms with E-state index in [0.29, 0.717) is 11.8 Å². The molecule has 2 heteroatoms. The standard InChI is InChI=1S/C18H30O2/c1-12(2)17-16(11-15-9-7-6-8-10-15)14(5)19-18(20-17)13(3)4/h9,11-14,17-18H,6-8,10H2,1-5H3/b16-11-/t14-,17+,18-/m1/s1. The zero-order valence-electron chi connectivity index (χ0n) is 13.7. The molecule has 0 N–H and O–H groups in total. The molecule has 20 heavy (non-hydrogen) atoms. The van der Waals surface area contributed by atoms with Crippen LogP contribution >= 0.6 is 0 Å². The first-order valence-electron chi connectivity index (χ1n) is 8.20. The number of rotatable bonds is 3. The normalized spacial score (nSPS) is 33.9. The molecule has 2 nitrogen and oxygen atoms in total. The molecule has 0 bridgehead atoms. The molecule has 0 aromatic heterocycles. The molecule has 1 heterocycles. The van der Waals surface area contributed by atoms with Gasteiger partial charge in [-0.3, -0.25) is 0 Å². The van der Waals surface area contributed by atoms with E-state index in [2.05, 4.69) is 46.8 Å². The third-order valence-corrected chi connectivity index (χ3v) is 4.24. The van der Waals surface area contributed by atoms with Crippen molar-refractivity contribution < 1.29 is 9.47 Å². The van der Waals surface area contributed by atoms with Crippen LogP contribution in [0, 0.1) is 11.8 Å². The number of hydrogen-bond donors (Lipinski definition) is 0. The van der Waals surface area contributed by atoms with Crippen molar-refractivity contribution in [1.82, 2.24) is 0 Å². The van der Waals surface area contributed by atoms with E-state index in [4.69, 9.17) is 9.47 Å². The van der Waals surface area contributed by atoms with E-state index in [1.165, 1.54) is 36.8 Å². The average molecular weight is 278 g/mol. The maximum absolute atomic E-state index is 6.22. The van der Waals surface area contributed by atoms with Gasteiger partial charge in [-0.2, -0.15) is 0 Å². The molecule has 1 aliphatic carbocycles. The third-order valence-electron chi connectivity index (χ3n) is 4.24. The fourth-order valence-electron chi connectivity index (χ4n) is 3.03. The second kappa shape index (κ2) is 6.91. The first-order valence-corrected chi connectivity index (χ1v) is 8.20. The Kier molecular flexibility index (Phi) is 5.45. The van der Waals surface area contributed by atoms with Crippen LogP contribution in [-0.4, -0.2) is 18.5 Å². The van der Waals surface area contributed by atoms with Gasteiger partial charge in [0, 0.05) is 5.92 Å². The molecule has 1 fully saturated rings. The Labute approximate surface area is 124 Å². The van der Waals surface area contributed by atoms with Gasteiger partial charge < -0.3 is 9.47 Å². The largest absolute Gasteiger partial charge is 0.345 e. The zero-order chi connectivity index (χ0) is 14.7. The van der Waals surface area contributed by atoms with E-state index >= 15 is 0 Å². The van der Waals surface area contributed by atoms with Gasteiger partial charge in [-0.15, -0.1) is 0 Å². The van der Waals surface area contributed by atoms with Crippen LogP contribution in [0.5, 0.6) is 0 Å². The molecule has 0 aromatic rings. The number of allylic oxidation sites excluding steroid dienone is 3. The van der Waals surface area contributed by atoms with Crippen LogP contribution in [0.15, 0.2) is 23.3 Å². The van der Waals surface area contributed by atoms with E-state index in [9.17, 15) is 0 Å². The van der Waals surface area contributed by atoms with E-state index < -0.39 is 0 Å². The Bertz CT molecular complexity index is 379. The Morgan fingerprint density at radius 2 is 1.85 bits per heavy atom. The van der Waals surface area contributed by atoms with E-state index in [1.807, 2.05) is 0 Å². The molecule has 1 saturated heterocycles. The van der Waals surface area contributed by atoms with Gasteiger partial charge in [-0.05, 0) is 44.1 Å². The molecule has 0 amide bonds. The Hall–Kier alpha value is -0.600. The summed E-state index contributed by atoms with van der Waals surface area (Å²) in [7, 11) is 0. The highest BCUT2D eigenvalue weighted by Crippen LogP contribution is 2.33. The molecule has 2 aliphatic rings. The molecule has 2 rings (SSSR count). The lowest BCUT2D eigenvalue weighted by Crippen LogP contribution is -2.44. The minimum absolute atomic E-state index is 0.0742. The molecule has 0 spiro atoms. The minimum Gasteiger partial charge on any atom is -0.345 e. The van der Waals surface area contributed by atoms with Crippen LogP contribution in [-0.2, 0) is 9.47 Å². The topological polar surface area (TPSA) is 18.5 Å². The van der Waals surface area contributed by atoms with E-state index in [-0.39, 0.29) is 18.5 Å². The van der Waals surface area contributed by atoms with Gasteiger partial charge in [0.2, 0.25) is 0 Å². The van der Waals surface area contributed by atoms with Crippen molar-refractivity contribution in [2.75, 3.05) is 0 Å². The maximum atomic E-state index is 6.22. The summed E-state index contributed by atoms with van der Waals surface area (Å²) in [6.07, 6.45) is 10.1. The average Bonchev–Trinajstić information content (AvgIpc) is 2.41. The summed E-state index contributed by atoms with van der Waals surface area (Å²) >= 11 is 0. The van der Waals surface area contributed by atoms with Crippen LogP contribution in [0.3, 0.4) is 0 Å². The molecule has 114 valence electrons. The predicted molar refractivity (Wildman–Crippen MR) is 83.5 cm³/mol. The van der Waals surface area contributed by atoms with Gasteiger partial charge in [0.25, 0.3) is 0 Å². The zero-order valence-corrected chi connectivity index (χ0v) is 13.7. The van der Waals surface area contributed by atoms with Crippen LogP contribution in [0.1, 0.15) is 60.3 Å². The highest BCUT2D eigenvalue weighted by molar-refractivity contribution is 5.30. The van der Waals surface area contributed by atoms with Crippen molar-refractivity contribution in [3.05, 3.63) is 23.3 Å². The van der Waals surface area contributed by atoms with Crippen molar-refractivity contribution in [3.63, 3.8) is 0 Å². The summed E-state index contributed by atoms with van der Waals surface area (Å²) in [6, 6.07) is 0. The number of hydrogen-bond acceptors (Lipinski definition) is 2. The summed E-state index contributed by atoms with van der Waals surface area (Å²) in [6.45, 7) is 11.0. The Balaban J connectivity index is 2.20. The lowest BCUT2D eigenvalue weighted by Gasteiger charge is -2.40. The summed E-state index contributed by atoms with van der Waals surface area (Å²) in [5.41, 5.74) is 2.80. The fraction of sp³-hybridized carbons (Fsp3) is 0.778.